The molecular weight excluding hydrogens is 462 g/mol. The Morgan fingerprint density at radius 2 is 1.69 bits per heavy atom. The van der Waals surface area contributed by atoms with Gasteiger partial charge in [-0.3, -0.25) is 14.4 Å². The zero-order valence-electron chi connectivity index (χ0n) is 23.2. The normalized spacial score (nSPS) is 13.7. The molecule has 0 radical (unpaired) electrons. The van der Waals surface area contributed by atoms with Crippen LogP contribution in [-0.2, 0) is 23.9 Å². The minimum absolute atomic E-state index is 0.0209. The molecule has 0 spiro atoms. The highest BCUT2D eigenvalue weighted by atomic mass is 16.6. The summed E-state index contributed by atoms with van der Waals surface area (Å²) >= 11 is 0. The smallest absolute Gasteiger partial charge is 0.408 e. The van der Waals surface area contributed by atoms with Crippen LogP contribution in [0.1, 0.15) is 84.0 Å². The van der Waals surface area contributed by atoms with Gasteiger partial charge in [-0.15, -0.1) is 0 Å². The first-order valence-electron chi connectivity index (χ1n) is 12.5. The van der Waals surface area contributed by atoms with Gasteiger partial charge in [0.05, 0.1) is 13.0 Å². The van der Waals surface area contributed by atoms with Gasteiger partial charge >= 0.3 is 12.1 Å². The Morgan fingerprint density at radius 1 is 1.06 bits per heavy atom. The lowest BCUT2D eigenvalue weighted by molar-refractivity contribution is -0.145. The van der Waals surface area contributed by atoms with Gasteiger partial charge in [0.1, 0.15) is 17.7 Å². The number of carbonyl (C=O) groups excluding carboxylic acids is 4. The van der Waals surface area contributed by atoms with Crippen LogP contribution in [0, 0.1) is 13.8 Å². The maximum absolute atomic E-state index is 13.7. The third-order valence-electron chi connectivity index (χ3n) is 5.60. The molecule has 202 valence electrons. The summed E-state index contributed by atoms with van der Waals surface area (Å²) in [7, 11) is 0. The number of amides is 3. The second-order valence-corrected chi connectivity index (χ2v) is 9.98. The molecule has 0 aliphatic carbocycles. The fourth-order valence-corrected chi connectivity index (χ4v) is 3.73. The molecule has 1 aromatic rings. The van der Waals surface area contributed by atoms with Crippen molar-refractivity contribution in [1.29, 1.82) is 0 Å². The van der Waals surface area contributed by atoms with Crippen molar-refractivity contribution in [2.24, 2.45) is 0 Å². The molecule has 0 aliphatic heterocycles. The molecule has 9 heteroatoms. The van der Waals surface area contributed by atoms with Crippen molar-refractivity contribution in [3.8, 4) is 0 Å². The van der Waals surface area contributed by atoms with Gasteiger partial charge in [-0.25, -0.2) is 4.79 Å². The van der Waals surface area contributed by atoms with Crippen LogP contribution >= 0.6 is 0 Å². The number of hydrogen-bond acceptors (Lipinski definition) is 6. The molecule has 1 rings (SSSR count). The lowest BCUT2D eigenvalue weighted by Crippen LogP contribution is -2.54. The van der Waals surface area contributed by atoms with Gasteiger partial charge < -0.3 is 25.0 Å². The summed E-state index contributed by atoms with van der Waals surface area (Å²) in [4.78, 5) is 52.9. The Balaban J connectivity index is 3.34. The lowest BCUT2D eigenvalue weighted by Gasteiger charge is -2.38. The second-order valence-electron chi connectivity index (χ2n) is 9.98. The van der Waals surface area contributed by atoms with Crippen molar-refractivity contribution < 1.29 is 28.7 Å². The Kier molecular flexibility index (Phi) is 11.9. The van der Waals surface area contributed by atoms with Crippen LogP contribution in [0.3, 0.4) is 0 Å². The highest BCUT2D eigenvalue weighted by Gasteiger charge is 2.37. The van der Waals surface area contributed by atoms with Gasteiger partial charge in [0.25, 0.3) is 0 Å². The molecular formula is C27H43N3O6. The van der Waals surface area contributed by atoms with Crippen LogP contribution < -0.4 is 10.6 Å². The van der Waals surface area contributed by atoms with Crippen molar-refractivity contribution in [3.63, 3.8) is 0 Å². The number of rotatable bonds is 11. The Bertz CT molecular complexity index is 925. The number of aryl methyl sites for hydroxylation is 2. The van der Waals surface area contributed by atoms with E-state index in [1.165, 1.54) is 4.90 Å². The summed E-state index contributed by atoms with van der Waals surface area (Å²) in [5.74, 6) is -1.24. The van der Waals surface area contributed by atoms with Crippen molar-refractivity contribution >= 4 is 23.9 Å². The highest BCUT2D eigenvalue weighted by molar-refractivity contribution is 5.92. The van der Waals surface area contributed by atoms with E-state index in [1.54, 1.807) is 34.6 Å². The first kappa shape index (κ1) is 30.9. The van der Waals surface area contributed by atoms with E-state index in [0.717, 1.165) is 11.1 Å². The van der Waals surface area contributed by atoms with Crippen LogP contribution in [0.2, 0.25) is 0 Å². The predicted octanol–water partition coefficient (Wildman–Crippen LogP) is 3.95. The molecule has 36 heavy (non-hydrogen) atoms. The van der Waals surface area contributed by atoms with E-state index in [0.29, 0.717) is 12.0 Å². The SMILES string of the molecule is CCOC(=O)CCNC(=O)C(c1ccc(C)cc1C)N(C(=O)C(C)NC(=O)OC(C)(C)C)C(C)CC. The van der Waals surface area contributed by atoms with Gasteiger partial charge in [-0.1, -0.05) is 30.7 Å². The van der Waals surface area contributed by atoms with E-state index in [1.807, 2.05) is 45.9 Å². The summed E-state index contributed by atoms with van der Waals surface area (Å²) in [6.07, 6.45) is -0.107. The molecule has 9 nitrogen and oxygen atoms in total. The molecule has 1 aromatic carbocycles. The first-order chi connectivity index (χ1) is 16.7. The molecule has 0 bridgehead atoms. The third kappa shape index (κ3) is 9.51. The number of ether oxygens (including phenoxy) is 2. The third-order valence-corrected chi connectivity index (χ3v) is 5.60. The maximum Gasteiger partial charge on any atom is 0.408 e. The molecule has 0 aliphatic rings. The second kappa shape index (κ2) is 13.8. The molecule has 0 saturated carbocycles. The lowest BCUT2D eigenvalue weighted by atomic mass is 9.95. The molecule has 0 saturated heterocycles. The Hall–Kier alpha value is -3.10. The summed E-state index contributed by atoms with van der Waals surface area (Å²) < 4.78 is 10.2. The number of esters is 1. The van der Waals surface area contributed by atoms with Crippen LogP contribution in [-0.4, -0.2) is 59.6 Å². The Labute approximate surface area is 215 Å². The number of nitrogens with one attached hydrogen (secondary N) is 2. The Morgan fingerprint density at radius 3 is 2.22 bits per heavy atom. The monoisotopic (exact) mass is 505 g/mol. The van der Waals surface area contributed by atoms with Gasteiger partial charge in [0, 0.05) is 12.6 Å². The standard InChI is InChI=1S/C27H43N3O6/c1-10-19(5)30(25(33)20(6)29-26(34)36-27(7,8)9)23(21-13-12-17(3)16-18(21)4)24(32)28-15-14-22(31)35-11-2/h12-13,16,19-20,23H,10-11,14-15H2,1-9H3,(H,28,32)(H,29,34). The number of benzene rings is 1. The number of nitrogens with zero attached hydrogens (tertiary/aromatic N) is 1. The predicted molar refractivity (Wildman–Crippen MR) is 138 cm³/mol. The molecule has 0 heterocycles. The fraction of sp³-hybridized carbons (Fsp3) is 0.630. The summed E-state index contributed by atoms with van der Waals surface area (Å²) in [5.41, 5.74) is 1.84. The van der Waals surface area contributed by atoms with Crippen molar-refractivity contribution in [2.75, 3.05) is 13.2 Å². The number of hydrogen-bond donors (Lipinski definition) is 2. The molecule has 2 N–H and O–H groups in total. The first-order valence-corrected chi connectivity index (χ1v) is 12.5. The van der Waals surface area contributed by atoms with E-state index < -0.39 is 41.6 Å². The average molecular weight is 506 g/mol. The van der Waals surface area contributed by atoms with E-state index in [9.17, 15) is 19.2 Å². The molecule has 3 unspecified atom stereocenters. The van der Waals surface area contributed by atoms with Crippen LogP contribution in [0.25, 0.3) is 0 Å². The highest BCUT2D eigenvalue weighted by Crippen LogP contribution is 2.29. The molecule has 3 amide bonds. The minimum Gasteiger partial charge on any atom is -0.466 e. The van der Waals surface area contributed by atoms with E-state index in [2.05, 4.69) is 10.6 Å². The van der Waals surface area contributed by atoms with Crippen molar-refractivity contribution in [2.45, 2.75) is 98.9 Å². The van der Waals surface area contributed by atoms with Crippen LogP contribution in [0.4, 0.5) is 4.79 Å². The van der Waals surface area contributed by atoms with Gasteiger partial charge in [0.2, 0.25) is 11.8 Å². The van der Waals surface area contributed by atoms with E-state index in [4.69, 9.17) is 9.47 Å². The number of carbonyl (C=O) groups is 4. The quantitative estimate of drug-likeness (QED) is 0.440. The summed E-state index contributed by atoms with van der Waals surface area (Å²) in [6.45, 7) is 16.5. The van der Waals surface area contributed by atoms with E-state index >= 15 is 0 Å². The van der Waals surface area contributed by atoms with Gasteiger partial charge in [-0.2, -0.15) is 0 Å². The van der Waals surface area contributed by atoms with Gasteiger partial charge in [-0.05, 0) is 72.9 Å². The summed E-state index contributed by atoms with van der Waals surface area (Å²) in [6, 6.07) is 3.47. The molecule has 0 aromatic heterocycles. The number of alkyl carbamates (subject to hydrolysis) is 1. The maximum atomic E-state index is 13.7. The minimum atomic E-state index is -0.960. The molecule has 3 atom stereocenters. The van der Waals surface area contributed by atoms with Crippen LogP contribution in [0.15, 0.2) is 18.2 Å². The zero-order chi connectivity index (χ0) is 27.6. The van der Waals surface area contributed by atoms with Gasteiger partial charge in [0.15, 0.2) is 0 Å². The van der Waals surface area contributed by atoms with Crippen molar-refractivity contribution in [3.05, 3.63) is 34.9 Å². The van der Waals surface area contributed by atoms with E-state index in [-0.39, 0.29) is 25.6 Å². The van der Waals surface area contributed by atoms with Crippen LogP contribution in [0.5, 0.6) is 0 Å². The topological polar surface area (TPSA) is 114 Å². The largest absolute Gasteiger partial charge is 0.466 e. The molecule has 0 fully saturated rings. The summed E-state index contributed by atoms with van der Waals surface area (Å²) in [5, 5.41) is 5.38. The van der Waals surface area contributed by atoms with Crippen molar-refractivity contribution in [1.82, 2.24) is 15.5 Å². The fourth-order valence-electron chi connectivity index (χ4n) is 3.73. The average Bonchev–Trinajstić information content (AvgIpc) is 2.75. The zero-order valence-corrected chi connectivity index (χ0v) is 23.2.